The van der Waals surface area contributed by atoms with Crippen LogP contribution in [0.25, 0.3) is 0 Å². The van der Waals surface area contributed by atoms with Gasteiger partial charge in [-0.15, -0.1) is 0 Å². The molecule has 0 unspecified atom stereocenters. The van der Waals surface area contributed by atoms with Crippen molar-refractivity contribution in [2.24, 2.45) is 5.92 Å². The topological polar surface area (TPSA) is 104 Å². The van der Waals surface area contributed by atoms with Crippen LogP contribution in [0.1, 0.15) is 19.3 Å². The lowest BCUT2D eigenvalue weighted by atomic mass is 9.97. The normalized spacial score (nSPS) is 18.7. The molecule has 1 atom stereocenters. The number of amides is 1. The molecule has 1 aromatic rings. The SMILES string of the molecule is CS(=O)(=O)NCCCNC(=O)[C@H]1CCCN(c2cnccn2)C1. The second-order valence-electron chi connectivity index (χ2n) is 5.66. The van der Waals surface area contributed by atoms with Crippen molar-refractivity contribution in [3.05, 3.63) is 18.6 Å². The highest BCUT2D eigenvalue weighted by Crippen LogP contribution is 2.20. The minimum atomic E-state index is -3.17. The van der Waals surface area contributed by atoms with Gasteiger partial charge in [0.15, 0.2) is 0 Å². The Balaban J connectivity index is 1.74. The van der Waals surface area contributed by atoms with Crippen LogP contribution in [0.3, 0.4) is 0 Å². The molecule has 2 N–H and O–H groups in total. The predicted molar refractivity (Wildman–Crippen MR) is 87.4 cm³/mol. The van der Waals surface area contributed by atoms with Crippen LogP contribution in [0.4, 0.5) is 5.82 Å². The zero-order valence-corrected chi connectivity index (χ0v) is 14.1. The van der Waals surface area contributed by atoms with Gasteiger partial charge in [0, 0.05) is 38.6 Å². The van der Waals surface area contributed by atoms with Gasteiger partial charge in [-0.3, -0.25) is 9.78 Å². The van der Waals surface area contributed by atoms with Gasteiger partial charge in [0.2, 0.25) is 15.9 Å². The highest BCUT2D eigenvalue weighted by molar-refractivity contribution is 7.88. The standard InChI is InChI=1S/C14H23N5O3S/c1-23(21,22)18-6-3-5-17-14(20)12-4-2-9-19(11-12)13-10-15-7-8-16-13/h7-8,10,12,18H,2-6,9,11H2,1H3,(H,17,20)/t12-/m0/s1. The summed E-state index contributed by atoms with van der Waals surface area (Å²) in [7, 11) is -3.17. The monoisotopic (exact) mass is 341 g/mol. The van der Waals surface area contributed by atoms with E-state index in [1.54, 1.807) is 18.6 Å². The average Bonchev–Trinajstić information content (AvgIpc) is 2.54. The van der Waals surface area contributed by atoms with E-state index < -0.39 is 10.0 Å². The molecule has 0 saturated carbocycles. The van der Waals surface area contributed by atoms with Gasteiger partial charge >= 0.3 is 0 Å². The Labute approximate surface area is 136 Å². The van der Waals surface area contributed by atoms with Crippen LogP contribution >= 0.6 is 0 Å². The van der Waals surface area contributed by atoms with Crippen molar-refractivity contribution in [1.29, 1.82) is 0 Å². The summed E-state index contributed by atoms with van der Waals surface area (Å²) < 4.78 is 24.3. The lowest BCUT2D eigenvalue weighted by molar-refractivity contribution is -0.125. The first kappa shape index (κ1) is 17.6. The molecule has 0 bridgehead atoms. The summed E-state index contributed by atoms with van der Waals surface area (Å²) in [6.07, 6.45) is 8.45. The van der Waals surface area contributed by atoms with E-state index in [1.807, 2.05) is 0 Å². The number of rotatable bonds is 7. The minimum absolute atomic E-state index is 0.0120. The molecular formula is C14H23N5O3S. The molecule has 0 aromatic carbocycles. The van der Waals surface area contributed by atoms with Gasteiger partial charge in [-0.1, -0.05) is 0 Å². The van der Waals surface area contributed by atoms with Gasteiger partial charge in [-0.05, 0) is 19.3 Å². The van der Waals surface area contributed by atoms with Gasteiger partial charge < -0.3 is 10.2 Å². The Morgan fingerprint density at radius 1 is 1.39 bits per heavy atom. The number of hydrogen-bond acceptors (Lipinski definition) is 6. The highest BCUT2D eigenvalue weighted by Gasteiger charge is 2.26. The number of nitrogens with zero attached hydrogens (tertiary/aromatic N) is 3. The van der Waals surface area contributed by atoms with Crippen molar-refractivity contribution in [3.63, 3.8) is 0 Å². The number of nitrogens with one attached hydrogen (secondary N) is 2. The van der Waals surface area contributed by atoms with E-state index in [1.165, 1.54) is 0 Å². The van der Waals surface area contributed by atoms with E-state index in [4.69, 9.17) is 0 Å². The van der Waals surface area contributed by atoms with Gasteiger partial charge in [-0.2, -0.15) is 0 Å². The second-order valence-corrected chi connectivity index (χ2v) is 7.49. The number of hydrogen-bond donors (Lipinski definition) is 2. The van der Waals surface area contributed by atoms with Gasteiger partial charge in [-0.25, -0.2) is 18.1 Å². The fourth-order valence-corrected chi connectivity index (χ4v) is 3.07. The third kappa shape index (κ3) is 6.11. The van der Waals surface area contributed by atoms with E-state index in [2.05, 4.69) is 24.9 Å². The number of piperidine rings is 1. The van der Waals surface area contributed by atoms with Crippen molar-refractivity contribution in [1.82, 2.24) is 20.0 Å². The minimum Gasteiger partial charge on any atom is -0.356 e. The smallest absolute Gasteiger partial charge is 0.224 e. The second kappa shape index (κ2) is 8.21. The van der Waals surface area contributed by atoms with Crippen LogP contribution in [0.15, 0.2) is 18.6 Å². The Morgan fingerprint density at radius 2 is 2.22 bits per heavy atom. The number of sulfonamides is 1. The van der Waals surface area contributed by atoms with Gasteiger partial charge in [0.25, 0.3) is 0 Å². The molecule has 1 fully saturated rings. The Kier molecular flexibility index (Phi) is 6.28. The quantitative estimate of drug-likeness (QED) is 0.663. The lowest BCUT2D eigenvalue weighted by Gasteiger charge is -2.32. The van der Waals surface area contributed by atoms with Crippen LogP contribution < -0.4 is 14.9 Å². The molecule has 0 spiro atoms. The molecule has 9 heteroatoms. The van der Waals surface area contributed by atoms with Gasteiger partial charge in [0.05, 0.1) is 18.4 Å². The van der Waals surface area contributed by atoms with E-state index in [9.17, 15) is 13.2 Å². The number of carbonyl (C=O) groups excluding carboxylic acids is 1. The molecule has 1 aliphatic rings. The van der Waals surface area contributed by atoms with Crippen molar-refractivity contribution >= 4 is 21.7 Å². The Hall–Kier alpha value is -1.74. The van der Waals surface area contributed by atoms with Crippen LogP contribution in [0.2, 0.25) is 0 Å². The van der Waals surface area contributed by atoms with E-state index in [0.717, 1.165) is 31.5 Å². The summed E-state index contributed by atoms with van der Waals surface area (Å²) in [6.45, 7) is 2.30. The van der Waals surface area contributed by atoms with Gasteiger partial charge in [0.1, 0.15) is 5.82 Å². The third-order valence-electron chi connectivity index (χ3n) is 3.68. The fourth-order valence-electron chi connectivity index (χ4n) is 2.56. The number of carbonyl (C=O) groups is 1. The maximum atomic E-state index is 12.2. The maximum absolute atomic E-state index is 12.2. The molecule has 1 saturated heterocycles. The van der Waals surface area contributed by atoms with Crippen molar-refractivity contribution < 1.29 is 13.2 Å². The van der Waals surface area contributed by atoms with Crippen LogP contribution in [0.5, 0.6) is 0 Å². The largest absolute Gasteiger partial charge is 0.356 e. The summed E-state index contributed by atoms with van der Waals surface area (Å²) in [5.41, 5.74) is 0. The van der Waals surface area contributed by atoms with Crippen LogP contribution in [0, 0.1) is 5.92 Å². The molecule has 2 rings (SSSR count). The zero-order chi connectivity index (χ0) is 16.7. The maximum Gasteiger partial charge on any atom is 0.224 e. The van der Waals surface area contributed by atoms with E-state index >= 15 is 0 Å². The molecule has 23 heavy (non-hydrogen) atoms. The summed E-state index contributed by atoms with van der Waals surface area (Å²) >= 11 is 0. The first-order chi connectivity index (χ1) is 11.0. The summed E-state index contributed by atoms with van der Waals surface area (Å²) in [6, 6.07) is 0. The van der Waals surface area contributed by atoms with Crippen molar-refractivity contribution in [2.45, 2.75) is 19.3 Å². The molecule has 2 heterocycles. The summed E-state index contributed by atoms with van der Waals surface area (Å²) in [4.78, 5) is 22.6. The van der Waals surface area contributed by atoms with E-state index in [-0.39, 0.29) is 11.8 Å². The fraction of sp³-hybridized carbons (Fsp3) is 0.643. The molecule has 1 aromatic heterocycles. The molecule has 1 aliphatic heterocycles. The number of aromatic nitrogens is 2. The molecule has 128 valence electrons. The van der Waals surface area contributed by atoms with E-state index in [0.29, 0.717) is 26.1 Å². The van der Waals surface area contributed by atoms with Crippen LogP contribution in [-0.4, -0.2) is 56.7 Å². The van der Waals surface area contributed by atoms with Crippen molar-refractivity contribution in [3.8, 4) is 0 Å². The number of anilines is 1. The zero-order valence-electron chi connectivity index (χ0n) is 13.2. The summed E-state index contributed by atoms with van der Waals surface area (Å²) in [5.74, 6) is 0.730. The molecule has 0 aliphatic carbocycles. The summed E-state index contributed by atoms with van der Waals surface area (Å²) in [5, 5.41) is 2.87. The highest BCUT2D eigenvalue weighted by atomic mass is 32.2. The predicted octanol–water partition coefficient (Wildman–Crippen LogP) is -0.251. The Bertz CT molecular complexity index is 608. The first-order valence-electron chi connectivity index (χ1n) is 7.69. The van der Waals surface area contributed by atoms with Crippen molar-refractivity contribution in [2.75, 3.05) is 37.3 Å². The molecule has 1 amide bonds. The first-order valence-corrected chi connectivity index (χ1v) is 9.58. The third-order valence-corrected chi connectivity index (χ3v) is 4.41. The molecule has 8 nitrogen and oxygen atoms in total. The molecule has 0 radical (unpaired) electrons. The molecular weight excluding hydrogens is 318 g/mol. The average molecular weight is 341 g/mol. The van der Waals surface area contributed by atoms with Crippen LogP contribution in [-0.2, 0) is 14.8 Å². The lowest BCUT2D eigenvalue weighted by Crippen LogP contribution is -2.43. The Morgan fingerprint density at radius 3 is 2.91 bits per heavy atom.